The van der Waals surface area contributed by atoms with Gasteiger partial charge in [0, 0.05) is 33.4 Å². The summed E-state index contributed by atoms with van der Waals surface area (Å²) in [5, 5.41) is 0. The quantitative estimate of drug-likeness (QED) is 0.156. The summed E-state index contributed by atoms with van der Waals surface area (Å²) in [5.41, 5.74) is 60.7. The van der Waals surface area contributed by atoms with E-state index in [4.69, 9.17) is 45.9 Å². The van der Waals surface area contributed by atoms with Crippen LogP contribution in [0.15, 0.2) is 84.9 Å². The van der Waals surface area contributed by atoms with Crippen molar-refractivity contribution in [3.63, 3.8) is 0 Å². The molecule has 38 heavy (non-hydrogen) atoms. The standard InChI is InChI=1S/C30H30N8/c31-21-9-1-5-17(27(21)35)15-13-14-16(18-6-2-10-22(32)28(18)36)26(20-8-4-12-24(34)30(20)38)25(15)19-7-3-11-23(33)29(19)37/h1-14H,31-38H2. The average molecular weight is 503 g/mol. The minimum absolute atomic E-state index is 0.414. The van der Waals surface area contributed by atoms with E-state index < -0.39 is 0 Å². The lowest BCUT2D eigenvalue weighted by Gasteiger charge is -2.24. The number of rotatable bonds is 4. The molecule has 5 rings (SSSR count). The predicted molar refractivity (Wildman–Crippen MR) is 163 cm³/mol. The summed E-state index contributed by atoms with van der Waals surface area (Å²) < 4.78 is 0. The highest BCUT2D eigenvalue weighted by molar-refractivity contribution is 6.10. The molecular weight excluding hydrogens is 472 g/mol. The smallest absolute Gasteiger partial charge is 0.0627 e. The highest BCUT2D eigenvalue weighted by Crippen LogP contribution is 2.51. The summed E-state index contributed by atoms with van der Waals surface area (Å²) in [6.45, 7) is 0. The lowest BCUT2D eigenvalue weighted by molar-refractivity contribution is 1.53. The van der Waals surface area contributed by atoms with Gasteiger partial charge in [-0.2, -0.15) is 0 Å². The molecule has 0 aliphatic heterocycles. The number of anilines is 8. The van der Waals surface area contributed by atoms with Crippen molar-refractivity contribution < 1.29 is 0 Å². The largest absolute Gasteiger partial charge is 0.397 e. The molecule has 5 aromatic rings. The van der Waals surface area contributed by atoms with Crippen LogP contribution >= 0.6 is 0 Å². The van der Waals surface area contributed by atoms with E-state index in [0.29, 0.717) is 56.6 Å². The Morgan fingerprint density at radius 1 is 0.263 bits per heavy atom. The Morgan fingerprint density at radius 3 is 0.842 bits per heavy atom. The van der Waals surface area contributed by atoms with Gasteiger partial charge in [0.25, 0.3) is 0 Å². The molecule has 0 atom stereocenters. The van der Waals surface area contributed by atoms with Crippen LogP contribution in [-0.4, -0.2) is 0 Å². The third kappa shape index (κ3) is 3.81. The van der Waals surface area contributed by atoms with Crippen LogP contribution in [0.3, 0.4) is 0 Å². The second kappa shape index (κ2) is 9.18. The lowest BCUT2D eigenvalue weighted by Crippen LogP contribution is -2.05. The summed E-state index contributed by atoms with van der Waals surface area (Å²) in [5.74, 6) is 0. The fraction of sp³-hybridized carbons (Fsp3) is 0. The molecule has 190 valence electrons. The second-order valence-corrected chi connectivity index (χ2v) is 9.14. The van der Waals surface area contributed by atoms with E-state index in [1.54, 1.807) is 24.3 Å². The highest BCUT2D eigenvalue weighted by Gasteiger charge is 2.25. The van der Waals surface area contributed by atoms with Crippen molar-refractivity contribution >= 4 is 45.5 Å². The van der Waals surface area contributed by atoms with E-state index >= 15 is 0 Å². The van der Waals surface area contributed by atoms with Crippen LogP contribution in [0.2, 0.25) is 0 Å². The van der Waals surface area contributed by atoms with Crippen molar-refractivity contribution in [2.75, 3.05) is 45.9 Å². The Labute approximate surface area is 220 Å². The lowest BCUT2D eigenvalue weighted by atomic mass is 9.81. The molecule has 0 aliphatic rings. The van der Waals surface area contributed by atoms with Gasteiger partial charge in [0.15, 0.2) is 0 Å². The van der Waals surface area contributed by atoms with Crippen LogP contribution in [-0.2, 0) is 0 Å². The minimum Gasteiger partial charge on any atom is -0.397 e. The van der Waals surface area contributed by atoms with Gasteiger partial charge in [0.05, 0.1) is 45.5 Å². The monoisotopic (exact) mass is 502 g/mol. The summed E-state index contributed by atoms with van der Waals surface area (Å²) >= 11 is 0. The van der Waals surface area contributed by atoms with Crippen molar-refractivity contribution in [2.24, 2.45) is 0 Å². The topological polar surface area (TPSA) is 208 Å². The molecular formula is C30H30N8. The number of nitrogen functional groups attached to an aromatic ring is 8. The molecule has 0 aromatic heterocycles. The predicted octanol–water partition coefficient (Wildman–Crippen LogP) is 5.01. The van der Waals surface area contributed by atoms with Crippen LogP contribution in [0.1, 0.15) is 0 Å². The van der Waals surface area contributed by atoms with Gasteiger partial charge in [0.2, 0.25) is 0 Å². The second-order valence-electron chi connectivity index (χ2n) is 9.14. The van der Waals surface area contributed by atoms with Crippen molar-refractivity contribution in [3.8, 4) is 44.5 Å². The Kier molecular flexibility index (Phi) is 5.85. The third-order valence-electron chi connectivity index (χ3n) is 6.88. The molecule has 0 spiro atoms. The van der Waals surface area contributed by atoms with Crippen LogP contribution in [0, 0.1) is 0 Å². The Hall–Kier alpha value is -5.50. The van der Waals surface area contributed by atoms with Crippen molar-refractivity contribution in [1.29, 1.82) is 0 Å². The van der Waals surface area contributed by atoms with E-state index in [9.17, 15) is 0 Å². The fourth-order valence-electron chi connectivity index (χ4n) is 4.85. The highest BCUT2D eigenvalue weighted by atomic mass is 14.7. The first kappa shape index (κ1) is 24.2. The summed E-state index contributed by atoms with van der Waals surface area (Å²) in [6.07, 6.45) is 0. The van der Waals surface area contributed by atoms with Gasteiger partial charge in [-0.15, -0.1) is 0 Å². The Bertz CT molecular complexity index is 1580. The van der Waals surface area contributed by atoms with Crippen molar-refractivity contribution in [1.82, 2.24) is 0 Å². The van der Waals surface area contributed by atoms with E-state index in [2.05, 4.69) is 0 Å². The maximum absolute atomic E-state index is 6.61. The minimum atomic E-state index is 0.414. The SMILES string of the molecule is Nc1cccc(-c2ccc(-c3cccc(N)c3N)c(-c3cccc(N)c3N)c2-c2cccc(N)c2N)c1N. The van der Waals surface area contributed by atoms with Gasteiger partial charge in [-0.25, -0.2) is 0 Å². The molecule has 0 heterocycles. The first-order valence-electron chi connectivity index (χ1n) is 11.9. The molecule has 0 saturated carbocycles. The molecule has 0 amide bonds. The van der Waals surface area contributed by atoms with E-state index in [1.165, 1.54) is 0 Å². The summed E-state index contributed by atoms with van der Waals surface area (Å²) in [4.78, 5) is 0. The van der Waals surface area contributed by atoms with E-state index in [-0.39, 0.29) is 0 Å². The Balaban J connectivity index is 2.04. The molecule has 16 N–H and O–H groups in total. The molecule has 0 fully saturated rings. The first-order valence-corrected chi connectivity index (χ1v) is 11.9. The van der Waals surface area contributed by atoms with Gasteiger partial charge in [-0.05, 0) is 35.4 Å². The number of nitrogens with two attached hydrogens (primary N) is 8. The van der Waals surface area contributed by atoms with Gasteiger partial charge >= 0.3 is 0 Å². The molecule has 8 nitrogen and oxygen atoms in total. The van der Waals surface area contributed by atoms with Crippen LogP contribution in [0.4, 0.5) is 45.5 Å². The summed E-state index contributed by atoms with van der Waals surface area (Å²) in [7, 11) is 0. The molecule has 8 heteroatoms. The van der Waals surface area contributed by atoms with Gasteiger partial charge in [-0.3, -0.25) is 0 Å². The number of hydrogen-bond acceptors (Lipinski definition) is 8. The Morgan fingerprint density at radius 2 is 0.526 bits per heavy atom. The maximum atomic E-state index is 6.61. The number of hydrogen-bond donors (Lipinski definition) is 8. The summed E-state index contributed by atoms with van der Waals surface area (Å²) in [6, 6.07) is 26.0. The van der Waals surface area contributed by atoms with E-state index in [0.717, 1.165) is 33.4 Å². The third-order valence-corrected chi connectivity index (χ3v) is 6.88. The maximum Gasteiger partial charge on any atom is 0.0627 e. The number of benzene rings is 5. The molecule has 0 bridgehead atoms. The van der Waals surface area contributed by atoms with Crippen LogP contribution in [0.5, 0.6) is 0 Å². The van der Waals surface area contributed by atoms with Crippen molar-refractivity contribution in [2.45, 2.75) is 0 Å². The van der Waals surface area contributed by atoms with Gasteiger partial charge in [0.1, 0.15) is 0 Å². The van der Waals surface area contributed by atoms with Gasteiger partial charge in [-0.1, -0.05) is 60.7 Å². The molecule has 5 aromatic carbocycles. The fourth-order valence-corrected chi connectivity index (χ4v) is 4.85. The zero-order valence-corrected chi connectivity index (χ0v) is 20.7. The van der Waals surface area contributed by atoms with Crippen LogP contribution < -0.4 is 45.9 Å². The normalized spacial score (nSPS) is 10.9. The van der Waals surface area contributed by atoms with Gasteiger partial charge < -0.3 is 45.9 Å². The zero-order valence-electron chi connectivity index (χ0n) is 20.7. The van der Waals surface area contributed by atoms with Crippen molar-refractivity contribution in [3.05, 3.63) is 84.9 Å². The molecule has 0 radical (unpaired) electrons. The molecule has 0 unspecified atom stereocenters. The molecule has 0 saturated heterocycles. The average Bonchev–Trinajstić information content (AvgIpc) is 2.90. The first-order chi connectivity index (χ1) is 18.2. The molecule has 0 aliphatic carbocycles. The number of para-hydroxylation sites is 4. The van der Waals surface area contributed by atoms with E-state index in [1.807, 2.05) is 60.7 Å². The zero-order chi connectivity index (χ0) is 27.1. The van der Waals surface area contributed by atoms with Crippen LogP contribution in [0.25, 0.3) is 44.5 Å².